The van der Waals surface area contributed by atoms with Crippen molar-refractivity contribution in [3.8, 4) is 0 Å². The van der Waals surface area contributed by atoms with Gasteiger partial charge in [-0.1, -0.05) is 6.07 Å². The summed E-state index contributed by atoms with van der Waals surface area (Å²) in [5.41, 5.74) is 4.97. The first-order valence-electron chi connectivity index (χ1n) is 8.49. The number of nitrogens with zero attached hydrogens (tertiary/aromatic N) is 5. The first-order valence-corrected chi connectivity index (χ1v) is 9.37. The van der Waals surface area contributed by atoms with Gasteiger partial charge in [-0.3, -0.25) is 14.7 Å². The second-order valence-corrected chi connectivity index (χ2v) is 7.36. The Morgan fingerprint density at radius 2 is 2.31 bits per heavy atom. The Morgan fingerprint density at radius 1 is 1.38 bits per heavy atom. The van der Waals surface area contributed by atoms with Gasteiger partial charge in [0.25, 0.3) is 0 Å². The van der Waals surface area contributed by atoms with Crippen molar-refractivity contribution in [2.24, 2.45) is 0 Å². The summed E-state index contributed by atoms with van der Waals surface area (Å²) in [6.45, 7) is 4.73. The molecule has 1 atom stereocenters. The maximum absolute atomic E-state index is 12.8. The van der Waals surface area contributed by atoms with Gasteiger partial charge < -0.3 is 9.88 Å². The van der Waals surface area contributed by atoms with E-state index in [0.717, 1.165) is 30.0 Å². The van der Waals surface area contributed by atoms with Crippen LogP contribution in [0.4, 0.5) is 0 Å². The number of amides is 1. The van der Waals surface area contributed by atoms with Crippen LogP contribution < -0.4 is 5.32 Å². The second kappa shape index (κ2) is 7.35. The first kappa shape index (κ1) is 16.9. The van der Waals surface area contributed by atoms with E-state index in [9.17, 15) is 4.79 Å². The molecule has 3 aromatic rings. The molecule has 0 bridgehead atoms. The highest BCUT2D eigenvalue weighted by Crippen LogP contribution is 2.24. The van der Waals surface area contributed by atoms with Crippen molar-refractivity contribution in [3.63, 3.8) is 0 Å². The van der Waals surface area contributed by atoms with E-state index in [1.54, 1.807) is 30.1 Å². The first-order chi connectivity index (χ1) is 12.7. The lowest BCUT2D eigenvalue weighted by atomic mass is 10.1. The van der Waals surface area contributed by atoms with Gasteiger partial charge in [-0.2, -0.15) is 0 Å². The molecule has 0 radical (unpaired) electrons. The monoisotopic (exact) mass is 368 g/mol. The van der Waals surface area contributed by atoms with Gasteiger partial charge in [0.15, 0.2) is 0 Å². The van der Waals surface area contributed by atoms with Crippen LogP contribution in [0.1, 0.15) is 27.9 Å². The minimum absolute atomic E-state index is 0.00108. The van der Waals surface area contributed by atoms with Gasteiger partial charge >= 0.3 is 0 Å². The summed E-state index contributed by atoms with van der Waals surface area (Å²) < 4.78 is 1.98. The summed E-state index contributed by atoms with van der Waals surface area (Å²) in [7, 11) is 0. The van der Waals surface area contributed by atoms with Gasteiger partial charge in [0.05, 0.1) is 23.2 Å². The molecule has 1 unspecified atom stereocenters. The number of aryl methyl sites for hydroxylation is 1. The predicted octanol–water partition coefficient (Wildman–Crippen LogP) is 1.92. The Morgan fingerprint density at radius 3 is 3.08 bits per heavy atom. The number of aromatic nitrogens is 4. The van der Waals surface area contributed by atoms with Crippen molar-refractivity contribution in [3.05, 3.63) is 64.4 Å². The maximum atomic E-state index is 12.8. The highest BCUT2D eigenvalue weighted by molar-refractivity contribution is 7.09. The van der Waals surface area contributed by atoms with Crippen LogP contribution in [-0.4, -0.2) is 36.9 Å². The number of fused-ring (bicyclic) bond motifs is 1. The van der Waals surface area contributed by atoms with Crippen molar-refractivity contribution in [1.82, 2.24) is 29.7 Å². The van der Waals surface area contributed by atoms with Gasteiger partial charge in [-0.05, 0) is 18.6 Å². The number of thiazole rings is 1. The molecular formula is C18H20N6OS. The molecule has 1 amide bonds. The van der Waals surface area contributed by atoms with Crippen molar-refractivity contribution in [2.45, 2.75) is 32.6 Å². The van der Waals surface area contributed by atoms with Crippen LogP contribution >= 0.6 is 11.3 Å². The Balaban J connectivity index is 1.47. The lowest BCUT2D eigenvalue weighted by Gasteiger charge is -2.33. The average molecular weight is 368 g/mol. The average Bonchev–Trinajstić information content (AvgIpc) is 3.29. The largest absolute Gasteiger partial charge is 0.350 e. The van der Waals surface area contributed by atoms with E-state index >= 15 is 0 Å². The van der Waals surface area contributed by atoms with E-state index < -0.39 is 0 Å². The number of rotatable bonds is 5. The molecule has 0 aromatic carbocycles. The van der Waals surface area contributed by atoms with Gasteiger partial charge in [0, 0.05) is 49.6 Å². The summed E-state index contributed by atoms with van der Waals surface area (Å²) >= 11 is 1.66. The van der Waals surface area contributed by atoms with Gasteiger partial charge in [0.2, 0.25) is 5.91 Å². The summed E-state index contributed by atoms with van der Waals surface area (Å²) in [5.74, 6) is -0.00108. The smallest absolute Gasteiger partial charge is 0.244 e. The van der Waals surface area contributed by atoms with E-state index in [1.807, 2.05) is 35.3 Å². The molecular weight excluding hydrogens is 348 g/mol. The quantitative estimate of drug-likeness (QED) is 0.745. The fourth-order valence-electron chi connectivity index (χ4n) is 3.18. The zero-order valence-electron chi connectivity index (χ0n) is 14.5. The zero-order chi connectivity index (χ0) is 17.9. The summed E-state index contributed by atoms with van der Waals surface area (Å²) in [5, 5.41) is 3.03. The van der Waals surface area contributed by atoms with E-state index in [-0.39, 0.29) is 11.9 Å². The second-order valence-electron chi connectivity index (χ2n) is 6.42. The third-order valence-electron chi connectivity index (χ3n) is 4.60. The lowest BCUT2D eigenvalue weighted by Crippen LogP contribution is -2.44. The zero-order valence-corrected chi connectivity index (χ0v) is 15.3. The molecule has 8 heteroatoms. The van der Waals surface area contributed by atoms with Crippen molar-refractivity contribution in [1.29, 1.82) is 0 Å². The van der Waals surface area contributed by atoms with Crippen molar-refractivity contribution in [2.75, 3.05) is 6.54 Å². The molecule has 0 aliphatic carbocycles. The molecule has 1 N–H and O–H groups in total. The van der Waals surface area contributed by atoms with Gasteiger partial charge in [-0.25, -0.2) is 9.97 Å². The van der Waals surface area contributed by atoms with Crippen molar-refractivity contribution >= 4 is 17.2 Å². The normalized spacial score (nSPS) is 17.0. The molecule has 26 heavy (non-hydrogen) atoms. The minimum Gasteiger partial charge on any atom is -0.350 e. The molecule has 0 saturated carbocycles. The van der Waals surface area contributed by atoms with Gasteiger partial charge in [0.1, 0.15) is 6.04 Å². The Kier molecular flexibility index (Phi) is 4.77. The number of carbonyl (C=O) groups is 1. The number of hydrogen-bond acceptors (Lipinski definition) is 6. The SMILES string of the molecule is Cc1ncsc1CN1Cc2cncn2C(C(=O)NCc2cccnc2)C1. The molecule has 0 fully saturated rings. The maximum Gasteiger partial charge on any atom is 0.244 e. The molecule has 134 valence electrons. The van der Waals surface area contributed by atoms with Crippen LogP contribution in [0.5, 0.6) is 0 Å². The Hall–Kier alpha value is -2.58. The summed E-state index contributed by atoms with van der Waals surface area (Å²) in [6, 6.07) is 3.54. The number of nitrogens with one attached hydrogen (secondary N) is 1. The molecule has 4 rings (SSSR count). The fraction of sp³-hybridized carbons (Fsp3) is 0.333. The van der Waals surface area contributed by atoms with E-state index in [4.69, 9.17) is 0 Å². The molecule has 1 aliphatic rings. The molecule has 3 aromatic heterocycles. The number of carbonyl (C=O) groups excluding carboxylic acids is 1. The Bertz CT molecular complexity index is 890. The van der Waals surface area contributed by atoms with E-state index in [1.165, 1.54) is 4.88 Å². The van der Waals surface area contributed by atoms with E-state index in [0.29, 0.717) is 13.1 Å². The number of hydrogen-bond donors (Lipinski definition) is 1. The van der Waals surface area contributed by atoms with Crippen LogP contribution in [0, 0.1) is 6.92 Å². The summed E-state index contributed by atoms with van der Waals surface area (Å²) in [6.07, 6.45) is 7.08. The standard InChI is InChI=1S/C18H20N6OS/c1-13-17(26-12-22-13)10-23-8-15-7-20-11-24(15)16(9-23)18(25)21-6-14-3-2-4-19-5-14/h2-5,7,11-12,16H,6,8-10H2,1H3,(H,21,25). The van der Waals surface area contributed by atoms with Crippen LogP contribution in [0.15, 0.2) is 42.6 Å². The molecule has 0 spiro atoms. The highest BCUT2D eigenvalue weighted by Gasteiger charge is 2.30. The van der Waals surface area contributed by atoms with Gasteiger partial charge in [-0.15, -0.1) is 11.3 Å². The highest BCUT2D eigenvalue weighted by atomic mass is 32.1. The van der Waals surface area contributed by atoms with Crippen LogP contribution in [0.2, 0.25) is 0 Å². The van der Waals surface area contributed by atoms with Crippen molar-refractivity contribution < 1.29 is 4.79 Å². The minimum atomic E-state index is -0.286. The predicted molar refractivity (Wildman–Crippen MR) is 98.3 cm³/mol. The molecule has 4 heterocycles. The third kappa shape index (κ3) is 3.51. The van der Waals surface area contributed by atoms with Crippen LogP contribution in [0.3, 0.4) is 0 Å². The number of imidazole rings is 1. The third-order valence-corrected chi connectivity index (χ3v) is 5.52. The number of pyridine rings is 1. The van der Waals surface area contributed by atoms with Crippen LogP contribution in [-0.2, 0) is 24.4 Å². The topological polar surface area (TPSA) is 75.9 Å². The Labute approximate surface area is 155 Å². The van der Waals surface area contributed by atoms with E-state index in [2.05, 4.69) is 25.2 Å². The lowest BCUT2D eigenvalue weighted by molar-refractivity contribution is -0.125. The summed E-state index contributed by atoms with van der Waals surface area (Å²) in [4.78, 5) is 29.0. The van der Waals surface area contributed by atoms with Crippen LogP contribution in [0.25, 0.3) is 0 Å². The fourth-order valence-corrected chi connectivity index (χ4v) is 4.00. The molecule has 0 saturated heterocycles. The molecule has 7 nitrogen and oxygen atoms in total. The molecule has 1 aliphatic heterocycles.